The van der Waals surface area contributed by atoms with Gasteiger partial charge in [0.1, 0.15) is 0 Å². The Morgan fingerprint density at radius 3 is 2.81 bits per heavy atom. The summed E-state index contributed by atoms with van der Waals surface area (Å²) in [6.45, 7) is 2.56. The molecule has 0 spiro atoms. The van der Waals surface area contributed by atoms with Crippen LogP contribution in [-0.2, 0) is 4.79 Å². The van der Waals surface area contributed by atoms with Crippen LogP contribution in [0.25, 0.3) is 0 Å². The summed E-state index contributed by atoms with van der Waals surface area (Å²) in [6, 6.07) is 5.89. The summed E-state index contributed by atoms with van der Waals surface area (Å²) in [5.41, 5.74) is 6.82. The van der Waals surface area contributed by atoms with Crippen LogP contribution in [0.2, 0.25) is 0 Å². The van der Waals surface area contributed by atoms with E-state index in [9.17, 15) is 14.9 Å². The Labute approximate surface area is 124 Å². The van der Waals surface area contributed by atoms with Crippen LogP contribution >= 0.6 is 0 Å². The Kier molecular flexibility index (Phi) is 4.90. The first kappa shape index (κ1) is 15.4. The molecule has 1 fully saturated rings. The Balaban J connectivity index is 2.49. The van der Waals surface area contributed by atoms with Crippen LogP contribution in [0.15, 0.2) is 24.3 Å². The van der Waals surface area contributed by atoms with Crippen LogP contribution < -0.4 is 5.73 Å². The van der Waals surface area contributed by atoms with E-state index in [1.807, 2.05) is 6.92 Å². The van der Waals surface area contributed by atoms with Gasteiger partial charge < -0.3 is 10.6 Å². The Morgan fingerprint density at radius 2 is 2.14 bits per heavy atom. The molecule has 0 saturated carbocycles. The topological polar surface area (TPSA) is 89.5 Å². The van der Waals surface area contributed by atoms with E-state index in [4.69, 9.17) is 5.73 Å². The van der Waals surface area contributed by atoms with Crippen LogP contribution in [0.3, 0.4) is 0 Å². The highest BCUT2D eigenvalue weighted by molar-refractivity contribution is 5.77. The van der Waals surface area contributed by atoms with Gasteiger partial charge in [-0.1, -0.05) is 25.1 Å². The lowest BCUT2D eigenvalue weighted by Gasteiger charge is -2.33. The molecule has 1 saturated heterocycles. The molecule has 6 heteroatoms. The molecule has 2 atom stereocenters. The van der Waals surface area contributed by atoms with E-state index in [1.54, 1.807) is 23.1 Å². The van der Waals surface area contributed by atoms with Crippen molar-refractivity contribution in [1.29, 1.82) is 0 Å². The van der Waals surface area contributed by atoms with Gasteiger partial charge >= 0.3 is 0 Å². The fraction of sp³-hybridized carbons (Fsp3) is 0.533. The predicted molar refractivity (Wildman–Crippen MR) is 79.7 cm³/mol. The second kappa shape index (κ2) is 6.67. The monoisotopic (exact) mass is 291 g/mol. The average Bonchev–Trinajstić information content (AvgIpc) is 2.59. The highest BCUT2D eigenvalue weighted by Crippen LogP contribution is 2.35. The molecule has 1 aromatic rings. The third kappa shape index (κ3) is 3.21. The zero-order valence-corrected chi connectivity index (χ0v) is 12.2. The lowest BCUT2D eigenvalue weighted by molar-refractivity contribution is -0.386. The highest BCUT2D eigenvalue weighted by Gasteiger charge is 2.35. The normalized spacial score (nSPS) is 23.0. The van der Waals surface area contributed by atoms with Gasteiger partial charge in [0, 0.05) is 25.1 Å². The van der Waals surface area contributed by atoms with E-state index in [1.165, 1.54) is 6.07 Å². The van der Waals surface area contributed by atoms with Crippen LogP contribution in [0.5, 0.6) is 0 Å². The van der Waals surface area contributed by atoms with Gasteiger partial charge in [-0.2, -0.15) is 0 Å². The average molecular weight is 291 g/mol. The summed E-state index contributed by atoms with van der Waals surface area (Å²) < 4.78 is 0. The molecular weight excluding hydrogens is 270 g/mol. The molecule has 0 aromatic heterocycles. The molecule has 2 unspecified atom stereocenters. The first-order chi connectivity index (χ1) is 10.1. The molecule has 6 nitrogen and oxygen atoms in total. The van der Waals surface area contributed by atoms with Gasteiger partial charge in [-0.15, -0.1) is 0 Å². The summed E-state index contributed by atoms with van der Waals surface area (Å²) >= 11 is 0. The molecule has 0 radical (unpaired) electrons. The maximum Gasteiger partial charge on any atom is 0.274 e. The van der Waals surface area contributed by atoms with Crippen LogP contribution in [0.1, 0.15) is 44.2 Å². The molecule has 1 aliphatic heterocycles. The number of nitro benzene ring substituents is 1. The van der Waals surface area contributed by atoms with Gasteiger partial charge in [0.15, 0.2) is 0 Å². The SMILES string of the molecule is CCCN1C(=O)CCCC(N)C1c1ccccc1[N+](=O)[O-]. The Bertz CT molecular complexity index is 533. The minimum Gasteiger partial charge on any atom is -0.334 e. The van der Waals surface area contributed by atoms with E-state index in [2.05, 4.69) is 0 Å². The quantitative estimate of drug-likeness (QED) is 0.681. The van der Waals surface area contributed by atoms with E-state index in [0.717, 1.165) is 12.8 Å². The molecule has 0 aliphatic carbocycles. The molecular formula is C15H21N3O3. The summed E-state index contributed by atoms with van der Waals surface area (Å²) in [6.07, 6.45) is 2.69. The van der Waals surface area contributed by atoms with Crippen molar-refractivity contribution in [3.63, 3.8) is 0 Å². The predicted octanol–water partition coefficient (Wildman–Crippen LogP) is 2.39. The molecule has 1 heterocycles. The van der Waals surface area contributed by atoms with Crippen molar-refractivity contribution in [2.45, 2.75) is 44.7 Å². The molecule has 2 rings (SSSR count). The lowest BCUT2D eigenvalue weighted by Crippen LogP contribution is -2.42. The third-order valence-electron chi connectivity index (χ3n) is 3.91. The van der Waals surface area contributed by atoms with Gasteiger partial charge in [0.05, 0.1) is 16.5 Å². The maximum atomic E-state index is 12.3. The highest BCUT2D eigenvalue weighted by atomic mass is 16.6. The molecule has 1 aromatic carbocycles. The number of hydrogen-bond acceptors (Lipinski definition) is 4. The number of nitro groups is 1. The number of hydrogen-bond donors (Lipinski definition) is 1. The van der Waals surface area contributed by atoms with Crippen LogP contribution in [-0.4, -0.2) is 28.3 Å². The molecule has 1 aliphatic rings. The molecule has 2 N–H and O–H groups in total. The van der Waals surface area contributed by atoms with Crippen molar-refractivity contribution in [3.8, 4) is 0 Å². The fourth-order valence-corrected chi connectivity index (χ4v) is 2.98. The largest absolute Gasteiger partial charge is 0.334 e. The summed E-state index contributed by atoms with van der Waals surface area (Å²) in [5.74, 6) is 0.0351. The number of benzene rings is 1. The second-order valence-corrected chi connectivity index (χ2v) is 5.40. The van der Waals surface area contributed by atoms with Gasteiger partial charge in [0.2, 0.25) is 5.91 Å². The van der Waals surface area contributed by atoms with Gasteiger partial charge in [-0.05, 0) is 19.3 Å². The number of likely N-dealkylation sites (tertiary alicyclic amines) is 1. The zero-order chi connectivity index (χ0) is 15.4. The van der Waals surface area contributed by atoms with E-state index < -0.39 is 11.0 Å². The Hall–Kier alpha value is -1.95. The zero-order valence-electron chi connectivity index (χ0n) is 12.2. The number of carbonyl (C=O) groups excluding carboxylic acids is 1. The number of para-hydroxylation sites is 1. The lowest BCUT2D eigenvalue weighted by atomic mass is 9.95. The smallest absolute Gasteiger partial charge is 0.274 e. The number of amides is 1. The first-order valence-corrected chi connectivity index (χ1v) is 7.34. The Morgan fingerprint density at radius 1 is 1.43 bits per heavy atom. The van der Waals surface area contributed by atoms with Crippen molar-refractivity contribution in [2.24, 2.45) is 5.73 Å². The number of carbonyl (C=O) groups is 1. The maximum absolute atomic E-state index is 12.3. The second-order valence-electron chi connectivity index (χ2n) is 5.40. The van der Waals surface area contributed by atoms with E-state index in [0.29, 0.717) is 24.9 Å². The van der Waals surface area contributed by atoms with Crippen molar-refractivity contribution < 1.29 is 9.72 Å². The number of nitrogens with two attached hydrogens (primary N) is 1. The van der Waals surface area contributed by atoms with Gasteiger partial charge in [-0.3, -0.25) is 14.9 Å². The van der Waals surface area contributed by atoms with Crippen LogP contribution in [0.4, 0.5) is 5.69 Å². The van der Waals surface area contributed by atoms with E-state index >= 15 is 0 Å². The summed E-state index contributed by atoms with van der Waals surface area (Å²) in [5, 5.41) is 11.3. The van der Waals surface area contributed by atoms with Crippen molar-refractivity contribution in [2.75, 3.05) is 6.54 Å². The van der Waals surface area contributed by atoms with E-state index in [-0.39, 0.29) is 17.6 Å². The fourth-order valence-electron chi connectivity index (χ4n) is 2.98. The summed E-state index contributed by atoms with van der Waals surface area (Å²) in [4.78, 5) is 24.9. The minimum absolute atomic E-state index is 0.0351. The number of nitrogens with zero attached hydrogens (tertiary/aromatic N) is 2. The van der Waals surface area contributed by atoms with Gasteiger partial charge in [0.25, 0.3) is 5.69 Å². The first-order valence-electron chi connectivity index (χ1n) is 7.34. The van der Waals surface area contributed by atoms with Crippen molar-refractivity contribution in [1.82, 2.24) is 4.90 Å². The molecule has 1 amide bonds. The number of rotatable bonds is 4. The molecule has 114 valence electrons. The standard InChI is InChI=1S/C15H21N3O3/c1-2-10-17-14(19)9-5-7-12(16)15(17)11-6-3-4-8-13(11)18(20)21/h3-4,6,8,12,15H,2,5,7,9-10,16H2,1H3. The van der Waals surface area contributed by atoms with Crippen molar-refractivity contribution >= 4 is 11.6 Å². The molecule has 21 heavy (non-hydrogen) atoms. The minimum atomic E-state index is -0.415. The third-order valence-corrected chi connectivity index (χ3v) is 3.91. The van der Waals surface area contributed by atoms with Crippen LogP contribution in [0, 0.1) is 10.1 Å². The molecule has 0 bridgehead atoms. The summed E-state index contributed by atoms with van der Waals surface area (Å²) in [7, 11) is 0. The van der Waals surface area contributed by atoms with Gasteiger partial charge in [-0.25, -0.2) is 0 Å². The van der Waals surface area contributed by atoms with Crippen molar-refractivity contribution in [3.05, 3.63) is 39.9 Å².